The summed E-state index contributed by atoms with van der Waals surface area (Å²) in [4.78, 5) is 0. The Kier molecular flexibility index (Phi) is 1.81. The number of rotatable bonds is 1. The van der Waals surface area contributed by atoms with Gasteiger partial charge in [-0.05, 0) is 19.0 Å². The van der Waals surface area contributed by atoms with E-state index >= 15 is 0 Å². The second kappa shape index (κ2) is 2.83. The van der Waals surface area contributed by atoms with E-state index in [0.717, 1.165) is 19.0 Å². The van der Waals surface area contributed by atoms with Crippen LogP contribution in [0.25, 0.3) is 0 Å². The summed E-state index contributed by atoms with van der Waals surface area (Å²) >= 11 is 0. The van der Waals surface area contributed by atoms with Gasteiger partial charge in [-0.2, -0.15) is 0 Å². The first-order valence-corrected chi connectivity index (χ1v) is 3.96. The third kappa shape index (κ3) is 1.10. The molecule has 1 aliphatic rings. The van der Waals surface area contributed by atoms with Crippen LogP contribution >= 0.6 is 0 Å². The van der Waals surface area contributed by atoms with E-state index in [1.807, 2.05) is 0 Å². The van der Waals surface area contributed by atoms with Crippen LogP contribution in [-0.4, -0.2) is 6.54 Å². The van der Waals surface area contributed by atoms with Crippen LogP contribution in [0, 0.1) is 11.6 Å². The molecule has 0 radical (unpaired) electrons. The fourth-order valence-electron chi connectivity index (χ4n) is 1.34. The van der Waals surface area contributed by atoms with Crippen LogP contribution in [0.15, 0.2) is 18.2 Å². The molecule has 1 aromatic carbocycles. The number of halogens is 2. The SMILES string of the molecule is Fc1cccc(C2CCN2)c1F. The second-order valence-corrected chi connectivity index (χ2v) is 2.94. The maximum Gasteiger partial charge on any atom is 0.163 e. The summed E-state index contributed by atoms with van der Waals surface area (Å²) in [5, 5.41) is 3.02. The molecule has 0 aromatic heterocycles. The van der Waals surface area contributed by atoms with Crippen molar-refractivity contribution in [2.24, 2.45) is 0 Å². The molecule has 1 aliphatic heterocycles. The van der Waals surface area contributed by atoms with Crippen molar-refractivity contribution >= 4 is 0 Å². The van der Waals surface area contributed by atoms with E-state index in [1.54, 1.807) is 6.07 Å². The summed E-state index contributed by atoms with van der Waals surface area (Å²) in [6, 6.07) is 4.31. The molecule has 1 aromatic rings. The van der Waals surface area contributed by atoms with E-state index in [2.05, 4.69) is 5.32 Å². The number of hydrogen-bond acceptors (Lipinski definition) is 1. The van der Waals surface area contributed by atoms with Gasteiger partial charge in [-0.3, -0.25) is 0 Å². The van der Waals surface area contributed by atoms with E-state index in [1.165, 1.54) is 6.07 Å². The van der Waals surface area contributed by atoms with Crippen LogP contribution in [0.2, 0.25) is 0 Å². The van der Waals surface area contributed by atoms with Crippen molar-refractivity contribution in [1.82, 2.24) is 5.32 Å². The molecule has 0 bridgehead atoms. The molecule has 64 valence electrons. The zero-order valence-corrected chi connectivity index (χ0v) is 6.48. The largest absolute Gasteiger partial charge is 0.310 e. The van der Waals surface area contributed by atoms with Crippen LogP contribution in [0.4, 0.5) is 8.78 Å². The Bertz CT molecular complexity index is 295. The lowest BCUT2D eigenvalue weighted by Crippen LogP contribution is -2.35. The van der Waals surface area contributed by atoms with Crippen molar-refractivity contribution in [1.29, 1.82) is 0 Å². The van der Waals surface area contributed by atoms with Gasteiger partial charge in [0.25, 0.3) is 0 Å². The third-order valence-corrected chi connectivity index (χ3v) is 2.18. The normalized spacial score (nSPS) is 22.0. The van der Waals surface area contributed by atoms with Crippen molar-refractivity contribution in [3.63, 3.8) is 0 Å². The summed E-state index contributed by atoms with van der Waals surface area (Å²) in [7, 11) is 0. The molecule has 2 rings (SSSR count). The molecule has 12 heavy (non-hydrogen) atoms. The lowest BCUT2D eigenvalue weighted by Gasteiger charge is -2.28. The van der Waals surface area contributed by atoms with Crippen LogP contribution < -0.4 is 5.32 Å². The van der Waals surface area contributed by atoms with Gasteiger partial charge in [-0.15, -0.1) is 0 Å². The molecule has 1 saturated heterocycles. The van der Waals surface area contributed by atoms with Gasteiger partial charge in [0.15, 0.2) is 11.6 Å². The van der Waals surface area contributed by atoms with Gasteiger partial charge >= 0.3 is 0 Å². The smallest absolute Gasteiger partial charge is 0.163 e. The first kappa shape index (κ1) is 7.68. The quantitative estimate of drug-likeness (QED) is 0.678. The molecule has 0 spiro atoms. The predicted molar refractivity (Wildman–Crippen MR) is 41.7 cm³/mol. The van der Waals surface area contributed by atoms with Crippen LogP contribution in [0.3, 0.4) is 0 Å². The van der Waals surface area contributed by atoms with E-state index in [0.29, 0.717) is 5.56 Å². The highest BCUT2D eigenvalue weighted by Crippen LogP contribution is 2.25. The Balaban J connectivity index is 2.36. The lowest BCUT2D eigenvalue weighted by molar-refractivity contribution is 0.363. The molecule has 0 saturated carbocycles. The summed E-state index contributed by atoms with van der Waals surface area (Å²) in [5.41, 5.74) is 0.446. The third-order valence-electron chi connectivity index (χ3n) is 2.18. The standard InChI is InChI=1S/C9H9F2N/c10-7-3-1-2-6(9(7)11)8-4-5-12-8/h1-3,8,12H,4-5H2. The second-order valence-electron chi connectivity index (χ2n) is 2.94. The topological polar surface area (TPSA) is 12.0 Å². The van der Waals surface area contributed by atoms with Gasteiger partial charge < -0.3 is 5.32 Å². The minimum atomic E-state index is -0.763. The maximum absolute atomic E-state index is 13.1. The molecule has 3 heteroatoms. The summed E-state index contributed by atoms with van der Waals surface area (Å²) < 4.78 is 25.8. The average molecular weight is 169 g/mol. The first-order valence-electron chi connectivity index (χ1n) is 3.96. The van der Waals surface area contributed by atoms with Gasteiger partial charge in [0.1, 0.15) is 0 Å². The molecule has 1 atom stereocenters. The molecular weight excluding hydrogens is 160 g/mol. The lowest BCUT2D eigenvalue weighted by atomic mass is 9.97. The molecular formula is C9H9F2N. The van der Waals surface area contributed by atoms with Gasteiger partial charge in [-0.25, -0.2) is 8.78 Å². The highest BCUT2D eigenvalue weighted by atomic mass is 19.2. The van der Waals surface area contributed by atoms with Crippen LogP contribution in [0.1, 0.15) is 18.0 Å². The Morgan fingerprint density at radius 2 is 2.08 bits per heavy atom. The Morgan fingerprint density at radius 1 is 1.33 bits per heavy atom. The van der Waals surface area contributed by atoms with E-state index in [-0.39, 0.29) is 6.04 Å². The highest BCUT2D eigenvalue weighted by Gasteiger charge is 2.22. The van der Waals surface area contributed by atoms with Crippen LogP contribution in [0.5, 0.6) is 0 Å². The number of nitrogens with one attached hydrogen (secondary N) is 1. The summed E-state index contributed by atoms with van der Waals surface area (Å²) in [5.74, 6) is -1.48. The average Bonchev–Trinajstić information content (AvgIpc) is 1.95. The highest BCUT2D eigenvalue weighted by molar-refractivity contribution is 5.23. The zero-order valence-electron chi connectivity index (χ0n) is 6.48. The Labute approximate surface area is 69.4 Å². The van der Waals surface area contributed by atoms with Gasteiger partial charge in [0, 0.05) is 11.6 Å². The molecule has 0 aliphatic carbocycles. The van der Waals surface area contributed by atoms with Crippen molar-refractivity contribution < 1.29 is 8.78 Å². The molecule has 1 N–H and O–H groups in total. The Hall–Kier alpha value is -0.960. The zero-order chi connectivity index (χ0) is 8.55. The van der Waals surface area contributed by atoms with Gasteiger partial charge in [0.05, 0.1) is 0 Å². The number of hydrogen-bond donors (Lipinski definition) is 1. The summed E-state index contributed by atoms with van der Waals surface area (Å²) in [6.07, 6.45) is 0.889. The van der Waals surface area contributed by atoms with Crippen molar-refractivity contribution in [2.45, 2.75) is 12.5 Å². The Morgan fingerprint density at radius 3 is 2.67 bits per heavy atom. The monoisotopic (exact) mass is 169 g/mol. The fourth-order valence-corrected chi connectivity index (χ4v) is 1.34. The fraction of sp³-hybridized carbons (Fsp3) is 0.333. The molecule has 0 amide bonds. The van der Waals surface area contributed by atoms with Crippen molar-refractivity contribution in [3.05, 3.63) is 35.4 Å². The van der Waals surface area contributed by atoms with Crippen molar-refractivity contribution in [2.75, 3.05) is 6.54 Å². The van der Waals surface area contributed by atoms with Gasteiger partial charge in [0.2, 0.25) is 0 Å². The molecule has 1 heterocycles. The van der Waals surface area contributed by atoms with E-state index in [9.17, 15) is 8.78 Å². The molecule has 1 nitrogen and oxygen atoms in total. The van der Waals surface area contributed by atoms with E-state index < -0.39 is 11.6 Å². The maximum atomic E-state index is 13.1. The predicted octanol–water partition coefficient (Wildman–Crippen LogP) is 2.00. The minimum absolute atomic E-state index is 0.0145. The summed E-state index contributed by atoms with van der Waals surface area (Å²) in [6.45, 7) is 0.890. The number of benzene rings is 1. The minimum Gasteiger partial charge on any atom is -0.310 e. The van der Waals surface area contributed by atoms with E-state index in [4.69, 9.17) is 0 Å². The van der Waals surface area contributed by atoms with Crippen LogP contribution in [-0.2, 0) is 0 Å². The van der Waals surface area contributed by atoms with Gasteiger partial charge in [-0.1, -0.05) is 12.1 Å². The first-order chi connectivity index (χ1) is 5.79. The molecule has 1 fully saturated rings. The van der Waals surface area contributed by atoms with Crippen molar-refractivity contribution in [3.8, 4) is 0 Å². The molecule has 1 unspecified atom stereocenters.